The Balaban J connectivity index is 2.75. The van der Waals surface area contributed by atoms with Crippen molar-refractivity contribution in [1.82, 2.24) is 9.97 Å². The first kappa shape index (κ1) is 9.92. The third-order valence-corrected chi connectivity index (χ3v) is 1.90. The minimum absolute atomic E-state index is 0.141. The van der Waals surface area contributed by atoms with E-state index in [0.717, 1.165) is 17.9 Å². The number of likely N-dealkylation sites (N-methyl/N-ethyl adjacent to an activating group) is 1. The fraction of sp³-hybridized carbons (Fsp3) is 0.556. The number of aliphatic hydroxyl groups excluding tert-OH is 1. The Hall–Kier alpha value is -1.16. The van der Waals surface area contributed by atoms with Gasteiger partial charge in [-0.15, -0.1) is 0 Å². The normalized spacial score (nSPS) is 10.1. The number of aryl methyl sites for hydroxylation is 1. The Labute approximate surface area is 78.2 Å². The summed E-state index contributed by atoms with van der Waals surface area (Å²) in [7, 11) is 1.90. The van der Waals surface area contributed by atoms with Gasteiger partial charge in [-0.3, -0.25) is 0 Å². The van der Waals surface area contributed by atoms with Crippen molar-refractivity contribution in [3.63, 3.8) is 0 Å². The van der Waals surface area contributed by atoms with Crippen molar-refractivity contribution < 1.29 is 5.11 Å². The zero-order valence-electron chi connectivity index (χ0n) is 8.06. The predicted molar refractivity (Wildman–Crippen MR) is 51.8 cm³/mol. The minimum Gasteiger partial charge on any atom is -0.395 e. The molecule has 0 aliphatic carbocycles. The fourth-order valence-electron chi connectivity index (χ4n) is 1.05. The molecule has 0 radical (unpaired) electrons. The van der Waals surface area contributed by atoms with Gasteiger partial charge in [0.1, 0.15) is 12.1 Å². The van der Waals surface area contributed by atoms with E-state index in [4.69, 9.17) is 5.11 Å². The van der Waals surface area contributed by atoms with E-state index >= 15 is 0 Å². The first-order valence-corrected chi connectivity index (χ1v) is 4.40. The molecule has 1 aromatic rings. The molecule has 1 rings (SSSR count). The average Bonchev–Trinajstić information content (AvgIpc) is 2.18. The molecule has 0 aliphatic rings. The lowest BCUT2D eigenvalue weighted by Crippen LogP contribution is -2.22. The third kappa shape index (κ3) is 2.66. The summed E-state index contributed by atoms with van der Waals surface area (Å²) >= 11 is 0. The average molecular weight is 181 g/mol. The van der Waals surface area contributed by atoms with Gasteiger partial charge in [0.05, 0.1) is 6.61 Å². The summed E-state index contributed by atoms with van der Waals surface area (Å²) in [5, 5.41) is 8.74. The largest absolute Gasteiger partial charge is 0.395 e. The summed E-state index contributed by atoms with van der Waals surface area (Å²) in [6.45, 7) is 2.79. The van der Waals surface area contributed by atoms with Crippen molar-refractivity contribution in [2.45, 2.75) is 13.3 Å². The number of anilines is 1. The molecule has 0 aliphatic heterocycles. The third-order valence-electron chi connectivity index (χ3n) is 1.90. The Kier molecular flexibility index (Phi) is 3.64. The lowest BCUT2D eigenvalue weighted by molar-refractivity contribution is 0.304. The molecular formula is C9H15N3O. The van der Waals surface area contributed by atoms with Crippen LogP contribution in [0.5, 0.6) is 0 Å². The molecule has 0 atom stereocenters. The number of nitrogens with zero attached hydrogens (tertiary/aromatic N) is 3. The molecule has 0 unspecified atom stereocenters. The zero-order valence-corrected chi connectivity index (χ0v) is 8.06. The van der Waals surface area contributed by atoms with E-state index in [1.54, 1.807) is 6.33 Å². The van der Waals surface area contributed by atoms with Crippen molar-refractivity contribution in [1.29, 1.82) is 0 Å². The molecule has 4 heteroatoms. The maximum absolute atomic E-state index is 8.74. The number of aliphatic hydroxyl groups is 1. The van der Waals surface area contributed by atoms with Gasteiger partial charge in [0.25, 0.3) is 0 Å². The molecule has 0 amide bonds. The van der Waals surface area contributed by atoms with Crippen LogP contribution >= 0.6 is 0 Å². The van der Waals surface area contributed by atoms with Crippen molar-refractivity contribution in [3.8, 4) is 0 Å². The summed E-state index contributed by atoms with van der Waals surface area (Å²) in [6, 6.07) is 1.94. The SMILES string of the molecule is CCc1cc(N(C)CCO)ncn1. The van der Waals surface area contributed by atoms with Crippen molar-refractivity contribution >= 4 is 5.82 Å². The maximum Gasteiger partial charge on any atom is 0.132 e. The quantitative estimate of drug-likeness (QED) is 0.733. The first-order chi connectivity index (χ1) is 6.27. The summed E-state index contributed by atoms with van der Waals surface area (Å²) in [6.07, 6.45) is 2.46. The van der Waals surface area contributed by atoms with E-state index in [2.05, 4.69) is 16.9 Å². The number of aromatic nitrogens is 2. The van der Waals surface area contributed by atoms with Crippen LogP contribution in [0.4, 0.5) is 5.82 Å². The summed E-state index contributed by atoms with van der Waals surface area (Å²) < 4.78 is 0. The summed E-state index contributed by atoms with van der Waals surface area (Å²) in [5.41, 5.74) is 1.02. The van der Waals surface area contributed by atoms with Gasteiger partial charge in [0.15, 0.2) is 0 Å². The van der Waals surface area contributed by atoms with Crippen LogP contribution in [0.25, 0.3) is 0 Å². The molecule has 0 aromatic carbocycles. The highest BCUT2D eigenvalue weighted by Gasteiger charge is 2.01. The highest BCUT2D eigenvalue weighted by Crippen LogP contribution is 2.08. The lowest BCUT2D eigenvalue weighted by Gasteiger charge is -2.16. The lowest BCUT2D eigenvalue weighted by atomic mass is 10.3. The standard InChI is InChI=1S/C9H15N3O/c1-3-8-6-9(11-7-10-8)12(2)4-5-13/h6-7,13H,3-5H2,1-2H3. The molecular weight excluding hydrogens is 166 g/mol. The van der Waals surface area contributed by atoms with Crippen molar-refractivity contribution in [3.05, 3.63) is 18.1 Å². The first-order valence-electron chi connectivity index (χ1n) is 4.40. The van der Waals surface area contributed by atoms with Crippen LogP contribution in [0.2, 0.25) is 0 Å². The van der Waals surface area contributed by atoms with E-state index in [9.17, 15) is 0 Å². The molecule has 0 saturated heterocycles. The smallest absolute Gasteiger partial charge is 0.132 e. The topological polar surface area (TPSA) is 49.2 Å². The van der Waals surface area contributed by atoms with Gasteiger partial charge < -0.3 is 10.0 Å². The number of rotatable bonds is 4. The van der Waals surface area contributed by atoms with Gasteiger partial charge in [-0.2, -0.15) is 0 Å². The molecule has 4 nitrogen and oxygen atoms in total. The van der Waals surface area contributed by atoms with E-state index < -0.39 is 0 Å². The van der Waals surface area contributed by atoms with E-state index in [1.165, 1.54) is 0 Å². The van der Waals surface area contributed by atoms with Crippen LogP contribution in [-0.4, -0.2) is 35.3 Å². The van der Waals surface area contributed by atoms with Gasteiger partial charge >= 0.3 is 0 Å². The van der Waals surface area contributed by atoms with Gasteiger partial charge in [-0.1, -0.05) is 6.92 Å². The molecule has 72 valence electrons. The predicted octanol–water partition coefficient (Wildman–Crippen LogP) is 0.468. The molecule has 0 spiro atoms. The zero-order chi connectivity index (χ0) is 9.68. The number of hydrogen-bond acceptors (Lipinski definition) is 4. The highest BCUT2D eigenvalue weighted by atomic mass is 16.3. The van der Waals surface area contributed by atoms with Crippen LogP contribution in [-0.2, 0) is 6.42 Å². The van der Waals surface area contributed by atoms with E-state index in [1.807, 2.05) is 18.0 Å². The van der Waals surface area contributed by atoms with Gasteiger partial charge in [0.2, 0.25) is 0 Å². The number of hydrogen-bond donors (Lipinski definition) is 1. The van der Waals surface area contributed by atoms with Crippen LogP contribution < -0.4 is 4.90 Å². The van der Waals surface area contributed by atoms with Gasteiger partial charge in [-0.05, 0) is 6.42 Å². The van der Waals surface area contributed by atoms with E-state index in [-0.39, 0.29) is 6.61 Å². The molecule has 1 N–H and O–H groups in total. The van der Waals surface area contributed by atoms with E-state index in [0.29, 0.717) is 6.54 Å². The summed E-state index contributed by atoms with van der Waals surface area (Å²) in [4.78, 5) is 10.1. The minimum atomic E-state index is 0.141. The Morgan fingerprint density at radius 3 is 2.85 bits per heavy atom. The van der Waals surface area contributed by atoms with Gasteiger partial charge in [-0.25, -0.2) is 9.97 Å². The van der Waals surface area contributed by atoms with Crippen LogP contribution in [0.15, 0.2) is 12.4 Å². The van der Waals surface area contributed by atoms with Crippen LogP contribution in [0, 0.1) is 0 Å². The summed E-state index contributed by atoms with van der Waals surface area (Å²) in [5.74, 6) is 0.862. The molecule has 0 bridgehead atoms. The molecule has 1 heterocycles. The Morgan fingerprint density at radius 1 is 1.46 bits per heavy atom. The Bertz CT molecular complexity index is 265. The molecule has 0 saturated carbocycles. The Morgan fingerprint density at radius 2 is 2.23 bits per heavy atom. The molecule has 1 aromatic heterocycles. The fourth-order valence-corrected chi connectivity index (χ4v) is 1.05. The van der Waals surface area contributed by atoms with Crippen LogP contribution in [0.3, 0.4) is 0 Å². The van der Waals surface area contributed by atoms with Crippen LogP contribution in [0.1, 0.15) is 12.6 Å². The second kappa shape index (κ2) is 4.77. The second-order valence-electron chi connectivity index (χ2n) is 2.87. The maximum atomic E-state index is 8.74. The van der Waals surface area contributed by atoms with Crippen molar-refractivity contribution in [2.24, 2.45) is 0 Å². The van der Waals surface area contributed by atoms with Gasteiger partial charge in [0, 0.05) is 25.4 Å². The molecule has 13 heavy (non-hydrogen) atoms. The molecule has 0 fully saturated rings. The second-order valence-corrected chi connectivity index (χ2v) is 2.87. The van der Waals surface area contributed by atoms with Crippen molar-refractivity contribution in [2.75, 3.05) is 25.1 Å². The monoisotopic (exact) mass is 181 g/mol. The highest BCUT2D eigenvalue weighted by molar-refractivity contribution is 5.37.